The topological polar surface area (TPSA) is 73.5 Å². The molecule has 6 aliphatic rings. The molecule has 7 rings (SSSR count). The van der Waals surface area contributed by atoms with Crippen molar-refractivity contribution in [3.8, 4) is 0 Å². The van der Waals surface area contributed by atoms with Crippen LogP contribution in [0.1, 0.15) is 57.8 Å². The minimum atomic E-state index is 1.00. The Morgan fingerprint density at radius 3 is 1.60 bits per heavy atom. The van der Waals surface area contributed by atoms with Crippen LogP contribution >= 0.6 is 11.8 Å². The van der Waals surface area contributed by atoms with Gasteiger partial charge in [-0.2, -0.15) is 11.8 Å². The molecule has 0 amide bonds. The molecular weight excluding hydrogens is 454 g/mol. The normalized spacial score (nSPS) is 20.1. The Kier molecular flexibility index (Phi) is 25.8. The van der Waals surface area contributed by atoms with Crippen LogP contribution < -0.4 is 16.0 Å². The molecule has 0 aliphatic carbocycles. The lowest BCUT2D eigenvalue weighted by Crippen LogP contribution is -2.04. The molecule has 4 N–H and O–H groups in total. The van der Waals surface area contributed by atoms with E-state index >= 15 is 0 Å². The second-order valence-corrected chi connectivity index (χ2v) is 9.71. The van der Waals surface area contributed by atoms with Gasteiger partial charge in [0.2, 0.25) is 0 Å². The number of rotatable bonds is 0. The van der Waals surface area contributed by atoms with Gasteiger partial charge in [0.1, 0.15) is 0 Å². The average Bonchev–Trinajstić information content (AvgIpc) is 3.81. The number of thioether (sulfide) groups is 1. The summed E-state index contributed by atoms with van der Waals surface area (Å²) < 4.78 is 4.94. The SMILES string of the molecule is C1=CCNC1.C1=CNCC1.C1=NCCC1.C1CCNC1.C1CCOC1.C1CCSC1.c1cc[nH]c1. The maximum absolute atomic E-state index is 4.94. The number of H-pyrrole nitrogens is 1. The van der Waals surface area contributed by atoms with Crippen LogP contribution in [0.5, 0.6) is 0 Å². The van der Waals surface area contributed by atoms with Gasteiger partial charge in [-0.3, -0.25) is 4.99 Å². The van der Waals surface area contributed by atoms with Crippen molar-refractivity contribution in [1.82, 2.24) is 20.9 Å². The minimum absolute atomic E-state index is 1.00. The molecule has 0 unspecified atom stereocenters. The number of nitrogens with one attached hydrogen (secondary N) is 4. The summed E-state index contributed by atoms with van der Waals surface area (Å²) in [4.78, 5) is 6.82. The van der Waals surface area contributed by atoms with Crippen molar-refractivity contribution in [3.05, 3.63) is 49.0 Å². The first-order valence-corrected chi connectivity index (χ1v) is 14.8. The molecule has 200 valence electrons. The van der Waals surface area contributed by atoms with Crippen molar-refractivity contribution in [2.45, 2.75) is 57.8 Å². The van der Waals surface area contributed by atoms with Gasteiger partial charge in [0.25, 0.3) is 0 Å². The van der Waals surface area contributed by atoms with Crippen molar-refractivity contribution in [3.63, 3.8) is 0 Å². The quantitative estimate of drug-likeness (QED) is 0.366. The number of hydrogen-bond donors (Lipinski definition) is 4. The third kappa shape index (κ3) is 26.9. The monoisotopic (exact) mass is 505 g/mol. The Bertz CT molecular complexity index is 460. The fraction of sp³-hybridized carbons (Fsp3) is 0.679. The predicted molar refractivity (Wildman–Crippen MR) is 156 cm³/mol. The van der Waals surface area contributed by atoms with E-state index in [2.05, 4.69) is 55.9 Å². The number of aromatic amines is 1. The lowest BCUT2D eigenvalue weighted by Gasteiger charge is -1.78. The molecule has 3 fully saturated rings. The zero-order valence-electron chi connectivity index (χ0n) is 21.9. The van der Waals surface area contributed by atoms with Crippen molar-refractivity contribution in [2.75, 3.05) is 64.0 Å². The van der Waals surface area contributed by atoms with Gasteiger partial charge in [-0.1, -0.05) is 18.2 Å². The van der Waals surface area contributed by atoms with Gasteiger partial charge in [-0.25, -0.2) is 0 Å². The molecule has 7 heteroatoms. The third-order valence-electron chi connectivity index (χ3n) is 5.24. The number of aliphatic imine (C=N–C) groups is 1. The molecule has 6 nitrogen and oxygen atoms in total. The van der Waals surface area contributed by atoms with E-state index < -0.39 is 0 Å². The van der Waals surface area contributed by atoms with Crippen LogP contribution in [0, 0.1) is 0 Å². The Labute approximate surface area is 219 Å². The van der Waals surface area contributed by atoms with E-state index in [1.165, 1.54) is 82.4 Å². The largest absolute Gasteiger partial charge is 0.391 e. The summed E-state index contributed by atoms with van der Waals surface area (Å²) in [5.74, 6) is 2.83. The van der Waals surface area contributed by atoms with Gasteiger partial charge in [0, 0.05) is 51.8 Å². The van der Waals surface area contributed by atoms with Gasteiger partial charge < -0.3 is 25.7 Å². The van der Waals surface area contributed by atoms with Crippen LogP contribution in [0.25, 0.3) is 0 Å². The molecule has 1 aromatic heterocycles. The number of aromatic nitrogens is 1. The van der Waals surface area contributed by atoms with Gasteiger partial charge >= 0.3 is 0 Å². The van der Waals surface area contributed by atoms with Crippen molar-refractivity contribution < 1.29 is 4.74 Å². The zero-order valence-corrected chi connectivity index (χ0v) is 22.7. The summed E-state index contributed by atoms with van der Waals surface area (Å²) in [5, 5.41) is 9.38. The maximum atomic E-state index is 4.94. The molecule has 1 aromatic rings. The summed E-state index contributed by atoms with van der Waals surface area (Å²) in [5.41, 5.74) is 0. The van der Waals surface area contributed by atoms with E-state index in [0.717, 1.165) is 39.4 Å². The molecule has 3 saturated heterocycles. The van der Waals surface area contributed by atoms with Crippen molar-refractivity contribution >= 4 is 18.0 Å². The van der Waals surface area contributed by atoms with E-state index in [4.69, 9.17) is 4.74 Å². The van der Waals surface area contributed by atoms with Gasteiger partial charge in [0.05, 0.1) is 0 Å². The van der Waals surface area contributed by atoms with Crippen LogP contribution in [-0.2, 0) is 4.74 Å². The first-order chi connectivity index (χ1) is 17.5. The lowest BCUT2D eigenvalue weighted by molar-refractivity contribution is 0.198. The van der Waals surface area contributed by atoms with Crippen molar-refractivity contribution in [2.24, 2.45) is 4.99 Å². The van der Waals surface area contributed by atoms with Crippen molar-refractivity contribution in [1.29, 1.82) is 0 Å². The number of nitrogens with zero attached hydrogens (tertiary/aromatic N) is 1. The van der Waals surface area contributed by atoms with Gasteiger partial charge in [-0.05, 0) is 107 Å². The molecule has 7 heterocycles. The molecule has 0 spiro atoms. The Morgan fingerprint density at radius 2 is 1.40 bits per heavy atom. The highest BCUT2D eigenvalue weighted by molar-refractivity contribution is 7.99. The van der Waals surface area contributed by atoms with E-state index in [-0.39, 0.29) is 0 Å². The minimum Gasteiger partial charge on any atom is -0.391 e. The lowest BCUT2D eigenvalue weighted by atomic mass is 10.4. The van der Waals surface area contributed by atoms with E-state index in [0.29, 0.717) is 0 Å². The molecule has 0 saturated carbocycles. The summed E-state index contributed by atoms with van der Waals surface area (Å²) in [6.45, 7) is 8.85. The highest BCUT2D eigenvalue weighted by Gasteiger charge is 1.96. The summed E-state index contributed by atoms with van der Waals surface area (Å²) in [6, 6.07) is 3.89. The smallest absolute Gasteiger partial charge is 0.0466 e. The molecular formula is C28H51N5OS. The summed E-state index contributed by atoms with van der Waals surface area (Å²) >= 11 is 2.07. The molecule has 0 atom stereocenters. The summed E-state index contributed by atoms with van der Waals surface area (Å²) in [6.07, 6.45) is 26.1. The highest BCUT2D eigenvalue weighted by atomic mass is 32.2. The number of hydrogen-bond acceptors (Lipinski definition) is 6. The maximum Gasteiger partial charge on any atom is 0.0466 e. The molecule has 35 heavy (non-hydrogen) atoms. The second-order valence-electron chi connectivity index (χ2n) is 8.49. The Balaban J connectivity index is 0.000000204. The van der Waals surface area contributed by atoms with Gasteiger partial charge in [0.15, 0.2) is 0 Å². The van der Waals surface area contributed by atoms with E-state index in [1.54, 1.807) is 0 Å². The average molecular weight is 506 g/mol. The van der Waals surface area contributed by atoms with Crippen LogP contribution in [0.4, 0.5) is 0 Å². The Morgan fingerprint density at radius 1 is 0.686 bits per heavy atom. The summed E-state index contributed by atoms with van der Waals surface area (Å²) in [7, 11) is 0. The molecule has 0 bridgehead atoms. The predicted octanol–water partition coefficient (Wildman–Crippen LogP) is 5.18. The van der Waals surface area contributed by atoms with Crippen LogP contribution in [0.3, 0.4) is 0 Å². The van der Waals surface area contributed by atoms with Crippen LogP contribution in [-0.4, -0.2) is 75.2 Å². The first kappa shape index (κ1) is 31.5. The molecule has 6 aliphatic heterocycles. The van der Waals surface area contributed by atoms with E-state index in [9.17, 15) is 0 Å². The fourth-order valence-electron chi connectivity index (χ4n) is 3.21. The number of ether oxygens (including phenoxy) is 1. The van der Waals surface area contributed by atoms with Crippen LogP contribution in [0.2, 0.25) is 0 Å². The molecule has 0 radical (unpaired) electrons. The molecule has 0 aromatic carbocycles. The van der Waals surface area contributed by atoms with Gasteiger partial charge in [-0.15, -0.1) is 0 Å². The Hall–Kier alpha value is -1.54. The third-order valence-corrected chi connectivity index (χ3v) is 6.39. The second kappa shape index (κ2) is 28.7. The fourth-order valence-corrected chi connectivity index (χ4v) is 4.23. The van der Waals surface area contributed by atoms with E-state index in [1.807, 2.05) is 36.9 Å². The standard InChI is InChI=1S/C4H9N.3C4H7N.C4H5N.C4H8O.C4H8S/c7*1-2-4-5-3-1/h5H,1-4H2;3H,1-2,4H2;1,3,5H,2,4H2;1-2,5H,3-4H2;1-5H;2*1-4H2. The first-order valence-electron chi connectivity index (χ1n) is 13.7. The van der Waals surface area contributed by atoms with Crippen LogP contribution in [0.15, 0.2) is 53.9 Å². The highest BCUT2D eigenvalue weighted by Crippen LogP contribution is 2.14. The zero-order chi connectivity index (χ0) is 24.7.